The second-order valence-corrected chi connectivity index (χ2v) is 4.46. The Hall–Kier alpha value is -1.55. The number of fused-ring (bicyclic) bond motifs is 1. The third-order valence-electron chi connectivity index (χ3n) is 3.24. The Morgan fingerprint density at radius 1 is 1.18 bits per heavy atom. The van der Waals surface area contributed by atoms with Gasteiger partial charge >= 0.3 is 0 Å². The molecule has 0 bridgehead atoms. The van der Waals surface area contributed by atoms with Crippen LogP contribution in [0.3, 0.4) is 0 Å². The van der Waals surface area contributed by atoms with Gasteiger partial charge in [-0.25, -0.2) is 0 Å². The van der Waals surface area contributed by atoms with E-state index in [2.05, 4.69) is 44.8 Å². The van der Waals surface area contributed by atoms with Crippen molar-refractivity contribution in [3.63, 3.8) is 0 Å². The van der Waals surface area contributed by atoms with Crippen LogP contribution in [0.4, 0.5) is 0 Å². The van der Waals surface area contributed by atoms with Gasteiger partial charge < -0.3 is 4.57 Å². The number of nitrogens with zero attached hydrogens (tertiary/aromatic N) is 3. The fourth-order valence-electron chi connectivity index (χ4n) is 2.34. The molecular weight excluding hydrogens is 209 g/mol. The smallest absolute Gasteiger partial charge is 0.167 e. The predicted octanol–water partition coefficient (Wildman–Crippen LogP) is 0.693. The van der Waals surface area contributed by atoms with Crippen LogP contribution in [-0.2, 0) is 19.6 Å². The quantitative estimate of drug-likeness (QED) is 0.698. The summed E-state index contributed by atoms with van der Waals surface area (Å²) in [4.78, 5) is 6.58. The molecule has 0 N–H and O–H groups in total. The Bertz CT molecular complexity index is 507. The maximum absolute atomic E-state index is 5.79. The lowest BCUT2D eigenvalue weighted by Gasteiger charge is -2.28. The van der Waals surface area contributed by atoms with Crippen molar-refractivity contribution in [2.24, 2.45) is 0 Å². The topological polar surface area (TPSA) is 21.1 Å². The van der Waals surface area contributed by atoms with E-state index < -0.39 is 0 Å². The number of benzene rings is 1. The predicted molar refractivity (Wildman–Crippen MR) is 68.2 cm³/mol. The van der Waals surface area contributed by atoms with E-state index in [0.29, 0.717) is 5.72 Å². The first kappa shape index (κ1) is 10.6. The van der Waals surface area contributed by atoms with E-state index in [1.54, 1.807) is 0 Å². The third kappa shape index (κ3) is 2.13. The first-order chi connectivity index (χ1) is 8.33. The number of hydrogen-bond acceptors (Lipinski definition) is 2. The first-order valence-electron chi connectivity index (χ1n) is 5.89. The minimum Gasteiger partial charge on any atom is -0.339 e. The summed E-state index contributed by atoms with van der Waals surface area (Å²) >= 11 is 0. The number of aromatic nitrogens is 2. The molecule has 0 amide bonds. The van der Waals surface area contributed by atoms with Crippen LogP contribution < -0.4 is 5.72 Å². The van der Waals surface area contributed by atoms with Gasteiger partial charge in [0.1, 0.15) is 0 Å². The van der Waals surface area contributed by atoms with Crippen LogP contribution >= 0.6 is 0 Å². The average Bonchev–Trinajstić information content (AvgIpc) is 2.72. The van der Waals surface area contributed by atoms with Crippen molar-refractivity contribution < 1.29 is 0 Å². The number of rotatable bonds is 2. The molecule has 0 spiro atoms. The van der Waals surface area contributed by atoms with Gasteiger partial charge in [-0.05, 0) is 5.56 Å². The van der Waals surface area contributed by atoms with E-state index in [-0.39, 0.29) is 0 Å². The van der Waals surface area contributed by atoms with Crippen molar-refractivity contribution in [2.45, 2.75) is 19.6 Å². The number of hydrogen-bond donors (Lipinski definition) is 0. The van der Waals surface area contributed by atoms with E-state index in [4.69, 9.17) is 7.85 Å². The summed E-state index contributed by atoms with van der Waals surface area (Å²) in [5.74, 6) is 0. The van der Waals surface area contributed by atoms with Crippen LogP contribution in [-0.4, -0.2) is 28.8 Å². The van der Waals surface area contributed by atoms with E-state index in [9.17, 15) is 0 Å². The zero-order valence-electron chi connectivity index (χ0n) is 9.71. The monoisotopic (exact) mass is 223 g/mol. The van der Waals surface area contributed by atoms with Crippen LogP contribution in [0, 0.1) is 0 Å². The molecule has 3 rings (SSSR count). The summed E-state index contributed by atoms with van der Waals surface area (Å²) < 4.78 is 2.10. The maximum Gasteiger partial charge on any atom is 0.167 e. The molecule has 1 aromatic heterocycles. The molecule has 0 saturated carbocycles. The molecule has 2 aromatic rings. The van der Waals surface area contributed by atoms with Gasteiger partial charge in [-0.2, -0.15) is 0 Å². The highest BCUT2D eigenvalue weighted by Crippen LogP contribution is 2.13. The molecule has 0 fully saturated rings. The first-order valence-corrected chi connectivity index (χ1v) is 5.89. The maximum atomic E-state index is 5.79. The van der Waals surface area contributed by atoms with Crippen molar-refractivity contribution in [3.8, 4) is 0 Å². The zero-order valence-corrected chi connectivity index (χ0v) is 9.71. The van der Waals surface area contributed by atoms with Gasteiger partial charge in [0.05, 0.1) is 5.69 Å². The second-order valence-electron chi connectivity index (χ2n) is 4.46. The van der Waals surface area contributed by atoms with Gasteiger partial charge in [-0.1, -0.05) is 30.3 Å². The average molecular weight is 223 g/mol. The van der Waals surface area contributed by atoms with E-state index in [0.717, 1.165) is 26.2 Å². The standard InChI is InChI=1S/C13H14BN3/c14-13-15-8-12-10-16(6-7-17(12)13)9-11-4-2-1-3-5-11/h1-5,8H,6-7,9-10H2. The molecule has 2 heterocycles. The highest BCUT2D eigenvalue weighted by Gasteiger charge is 2.17. The van der Waals surface area contributed by atoms with E-state index in [1.807, 2.05) is 6.20 Å². The molecule has 0 aliphatic carbocycles. The lowest BCUT2D eigenvalue weighted by atomic mass is 10.1. The van der Waals surface area contributed by atoms with Crippen LogP contribution in [0.5, 0.6) is 0 Å². The van der Waals surface area contributed by atoms with Crippen LogP contribution in [0.2, 0.25) is 0 Å². The zero-order chi connectivity index (χ0) is 11.7. The fourth-order valence-corrected chi connectivity index (χ4v) is 2.34. The van der Waals surface area contributed by atoms with Gasteiger partial charge in [0.15, 0.2) is 7.85 Å². The Morgan fingerprint density at radius 3 is 2.82 bits per heavy atom. The molecule has 0 saturated heterocycles. The van der Waals surface area contributed by atoms with Crippen LogP contribution in [0.1, 0.15) is 11.3 Å². The van der Waals surface area contributed by atoms with E-state index in [1.165, 1.54) is 11.3 Å². The van der Waals surface area contributed by atoms with Gasteiger partial charge in [-0.3, -0.25) is 9.88 Å². The lowest BCUT2D eigenvalue weighted by Crippen LogP contribution is -2.36. The summed E-state index contributed by atoms with van der Waals surface area (Å²) in [6, 6.07) is 10.6. The van der Waals surface area contributed by atoms with E-state index >= 15 is 0 Å². The fraction of sp³-hybridized carbons (Fsp3) is 0.308. The SMILES string of the molecule is [B]c1ncc2n1CCN(Cc1ccccc1)C2. The van der Waals surface area contributed by atoms with Gasteiger partial charge in [0.25, 0.3) is 0 Å². The summed E-state index contributed by atoms with van der Waals surface area (Å²) in [5.41, 5.74) is 3.21. The molecule has 1 aromatic carbocycles. The van der Waals surface area contributed by atoms with Crippen molar-refractivity contribution in [1.29, 1.82) is 0 Å². The van der Waals surface area contributed by atoms with Gasteiger partial charge in [-0.15, -0.1) is 0 Å². The highest BCUT2D eigenvalue weighted by molar-refractivity contribution is 6.29. The Labute approximate surface area is 102 Å². The molecule has 17 heavy (non-hydrogen) atoms. The summed E-state index contributed by atoms with van der Waals surface area (Å²) in [5, 5.41) is 0. The molecule has 4 heteroatoms. The molecule has 1 aliphatic rings. The summed E-state index contributed by atoms with van der Waals surface area (Å²) in [6.45, 7) is 3.89. The molecule has 1 aliphatic heterocycles. The second kappa shape index (κ2) is 4.38. The molecule has 0 atom stereocenters. The molecule has 2 radical (unpaired) electrons. The normalized spacial score (nSPS) is 15.8. The van der Waals surface area contributed by atoms with Crippen LogP contribution in [0.25, 0.3) is 0 Å². The Morgan fingerprint density at radius 2 is 2.00 bits per heavy atom. The summed E-state index contributed by atoms with van der Waals surface area (Å²) in [7, 11) is 5.79. The highest BCUT2D eigenvalue weighted by atomic mass is 15.2. The van der Waals surface area contributed by atoms with Crippen molar-refractivity contribution >= 4 is 13.6 Å². The van der Waals surface area contributed by atoms with Crippen molar-refractivity contribution in [3.05, 3.63) is 47.8 Å². The Balaban J connectivity index is 1.72. The summed E-state index contributed by atoms with van der Waals surface area (Å²) in [6.07, 6.45) is 1.88. The minimum atomic E-state index is 0.638. The molecular formula is C13H14BN3. The lowest BCUT2D eigenvalue weighted by molar-refractivity contribution is 0.214. The third-order valence-corrected chi connectivity index (χ3v) is 3.24. The largest absolute Gasteiger partial charge is 0.339 e. The Kier molecular flexibility index (Phi) is 2.73. The van der Waals surface area contributed by atoms with Gasteiger partial charge in [0.2, 0.25) is 0 Å². The van der Waals surface area contributed by atoms with Crippen molar-refractivity contribution in [1.82, 2.24) is 14.5 Å². The molecule has 84 valence electrons. The number of imidazole rings is 1. The van der Waals surface area contributed by atoms with Gasteiger partial charge in [0, 0.05) is 38.1 Å². The van der Waals surface area contributed by atoms with Crippen LogP contribution in [0.15, 0.2) is 36.5 Å². The molecule has 3 nitrogen and oxygen atoms in total. The minimum absolute atomic E-state index is 0.638. The molecule has 0 unspecified atom stereocenters. The van der Waals surface area contributed by atoms with Crippen molar-refractivity contribution in [2.75, 3.05) is 6.54 Å².